The molecule has 1 aliphatic rings. The molecule has 1 aromatic rings. The normalized spacial score (nSPS) is 18.3. The smallest absolute Gasteiger partial charge is 0.191 e. The summed E-state index contributed by atoms with van der Waals surface area (Å²) in [6.45, 7) is 5.38. The lowest BCUT2D eigenvalue weighted by Crippen LogP contribution is -2.42. The number of aliphatic imine (C=N–C) groups is 1. The van der Waals surface area contributed by atoms with Crippen LogP contribution in [0.2, 0.25) is 0 Å². The van der Waals surface area contributed by atoms with Crippen LogP contribution >= 0.6 is 0 Å². The third kappa shape index (κ3) is 6.02. The third-order valence-electron chi connectivity index (χ3n) is 5.38. The van der Waals surface area contributed by atoms with E-state index in [4.69, 9.17) is 14.1 Å². The van der Waals surface area contributed by atoms with Crippen LogP contribution in [0, 0.1) is 5.41 Å². The first-order chi connectivity index (χ1) is 12.6. The van der Waals surface area contributed by atoms with E-state index in [1.807, 2.05) is 12.1 Å². The van der Waals surface area contributed by atoms with Crippen LogP contribution in [-0.2, 0) is 4.74 Å². The van der Waals surface area contributed by atoms with Gasteiger partial charge >= 0.3 is 0 Å². The van der Waals surface area contributed by atoms with E-state index in [0.29, 0.717) is 5.41 Å². The molecule has 0 saturated heterocycles. The Morgan fingerprint density at radius 2 is 2.12 bits per heavy atom. The van der Waals surface area contributed by atoms with Gasteiger partial charge in [-0.05, 0) is 57.8 Å². The van der Waals surface area contributed by atoms with Crippen LogP contribution in [0.15, 0.2) is 27.8 Å². The molecular weight excluding hydrogens is 328 g/mol. The Balaban J connectivity index is 1.99. The number of nitrogens with one attached hydrogen (secondary N) is 2. The van der Waals surface area contributed by atoms with Crippen molar-refractivity contribution in [1.82, 2.24) is 15.5 Å². The van der Waals surface area contributed by atoms with E-state index in [0.717, 1.165) is 44.4 Å². The van der Waals surface area contributed by atoms with Crippen molar-refractivity contribution >= 4 is 5.96 Å². The molecule has 0 spiro atoms. The van der Waals surface area contributed by atoms with Crippen LogP contribution in [0.3, 0.4) is 0 Å². The van der Waals surface area contributed by atoms with Gasteiger partial charge in [-0.3, -0.25) is 9.89 Å². The van der Waals surface area contributed by atoms with Crippen LogP contribution in [0.1, 0.15) is 50.8 Å². The Bertz CT molecular complexity index is 522. The lowest BCUT2D eigenvalue weighted by molar-refractivity contribution is 0.141. The Labute approximate surface area is 158 Å². The number of nitrogens with zero attached hydrogens (tertiary/aromatic N) is 2. The quantitative estimate of drug-likeness (QED) is 0.494. The molecule has 0 bridgehead atoms. The minimum absolute atomic E-state index is 0.169. The van der Waals surface area contributed by atoms with Crippen molar-refractivity contribution in [3.05, 3.63) is 24.2 Å². The van der Waals surface area contributed by atoms with Crippen LogP contribution in [-0.4, -0.2) is 58.3 Å². The molecule has 2 rings (SSSR count). The summed E-state index contributed by atoms with van der Waals surface area (Å²) in [5.41, 5.74) is 0.306. The fourth-order valence-electron chi connectivity index (χ4n) is 3.73. The van der Waals surface area contributed by atoms with E-state index in [9.17, 15) is 0 Å². The first-order valence-electron chi connectivity index (χ1n) is 9.81. The van der Waals surface area contributed by atoms with E-state index in [1.54, 1.807) is 13.4 Å². The Morgan fingerprint density at radius 1 is 1.35 bits per heavy atom. The monoisotopic (exact) mass is 364 g/mol. The summed E-state index contributed by atoms with van der Waals surface area (Å²) in [5.74, 6) is 1.85. The summed E-state index contributed by atoms with van der Waals surface area (Å²) >= 11 is 0. The molecule has 1 unspecified atom stereocenters. The fraction of sp³-hybridized carbons (Fsp3) is 0.750. The summed E-state index contributed by atoms with van der Waals surface area (Å²) in [6, 6.07) is 4.13. The van der Waals surface area contributed by atoms with Gasteiger partial charge in [0, 0.05) is 33.4 Å². The molecule has 1 saturated carbocycles. The van der Waals surface area contributed by atoms with Gasteiger partial charge < -0.3 is 19.8 Å². The van der Waals surface area contributed by atoms with Gasteiger partial charge in [0.25, 0.3) is 0 Å². The van der Waals surface area contributed by atoms with Gasteiger partial charge in [0.2, 0.25) is 0 Å². The highest BCUT2D eigenvalue weighted by Crippen LogP contribution is 2.41. The number of ether oxygens (including phenoxy) is 1. The van der Waals surface area contributed by atoms with E-state index in [-0.39, 0.29) is 6.04 Å². The summed E-state index contributed by atoms with van der Waals surface area (Å²) in [6.07, 6.45) is 7.96. The van der Waals surface area contributed by atoms with E-state index < -0.39 is 0 Å². The highest BCUT2D eigenvalue weighted by Gasteiger charge is 2.33. The third-order valence-corrected chi connectivity index (χ3v) is 5.38. The molecule has 0 radical (unpaired) electrons. The number of guanidine groups is 1. The van der Waals surface area contributed by atoms with Crippen LogP contribution in [0.4, 0.5) is 0 Å². The maximum absolute atomic E-state index is 5.59. The van der Waals surface area contributed by atoms with Gasteiger partial charge in [-0.15, -0.1) is 0 Å². The lowest BCUT2D eigenvalue weighted by Gasteiger charge is -2.28. The second kappa shape index (κ2) is 10.6. The largest absolute Gasteiger partial charge is 0.468 e. The molecule has 148 valence electrons. The van der Waals surface area contributed by atoms with E-state index in [1.165, 1.54) is 25.7 Å². The second-order valence-corrected chi connectivity index (χ2v) is 7.52. The van der Waals surface area contributed by atoms with Crippen LogP contribution < -0.4 is 10.6 Å². The SMILES string of the molecule is CCNC(=NCC1(CCOC)CCCC1)NCC(c1ccco1)N(C)C. The lowest BCUT2D eigenvalue weighted by atomic mass is 9.83. The molecule has 1 aromatic heterocycles. The van der Waals surface area contributed by atoms with Crippen molar-refractivity contribution < 1.29 is 9.15 Å². The zero-order valence-corrected chi connectivity index (χ0v) is 16.9. The van der Waals surface area contributed by atoms with Crippen LogP contribution in [0.5, 0.6) is 0 Å². The first kappa shape index (κ1) is 20.8. The van der Waals surface area contributed by atoms with E-state index in [2.05, 4.69) is 36.6 Å². The first-order valence-corrected chi connectivity index (χ1v) is 9.81. The molecule has 1 fully saturated rings. The highest BCUT2D eigenvalue weighted by molar-refractivity contribution is 5.79. The minimum atomic E-state index is 0.169. The summed E-state index contributed by atoms with van der Waals surface area (Å²) in [4.78, 5) is 7.08. The summed E-state index contributed by atoms with van der Waals surface area (Å²) in [7, 11) is 5.92. The Hall–Kier alpha value is -1.53. The molecule has 6 nitrogen and oxygen atoms in total. The second-order valence-electron chi connectivity index (χ2n) is 7.52. The molecule has 1 atom stereocenters. The van der Waals surface area contributed by atoms with Crippen molar-refractivity contribution in [3.8, 4) is 0 Å². The average molecular weight is 365 g/mol. The molecule has 0 aliphatic heterocycles. The zero-order chi connectivity index (χ0) is 18.8. The van der Waals surface area contributed by atoms with Crippen molar-refractivity contribution in [1.29, 1.82) is 0 Å². The topological polar surface area (TPSA) is 62.0 Å². The number of furan rings is 1. The number of hydrogen-bond acceptors (Lipinski definition) is 4. The standard InChI is InChI=1S/C20H36N4O2/c1-5-21-19(22-15-17(24(2)3)18-9-8-13-26-18)23-16-20(12-14-25-4)10-6-7-11-20/h8-9,13,17H,5-7,10-12,14-16H2,1-4H3,(H2,21,22,23). The summed E-state index contributed by atoms with van der Waals surface area (Å²) < 4.78 is 10.9. The van der Waals surface area contributed by atoms with Gasteiger partial charge in [0.1, 0.15) is 5.76 Å². The molecule has 1 aliphatic carbocycles. The van der Waals surface area contributed by atoms with Gasteiger partial charge in [-0.1, -0.05) is 12.8 Å². The molecule has 26 heavy (non-hydrogen) atoms. The van der Waals surface area contributed by atoms with Crippen molar-refractivity contribution in [3.63, 3.8) is 0 Å². The van der Waals surface area contributed by atoms with E-state index >= 15 is 0 Å². The Kier molecular flexibility index (Phi) is 8.45. The Morgan fingerprint density at radius 3 is 2.69 bits per heavy atom. The summed E-state index contributed by atoms with van der Waals surface area (Å²) in [5, 5.41) is 6.87. The van der Waals surface area contributed by atoms with Gasteiger partial charge in [-0.2, -0.15) is 0 Å². The minimum Gasteiger partial charge on any atom is -0.468 e. The van der Waals surface area contributed by atoms with Crippen LogP contribution in [0.25, 0.3) is 0 Å². The number of likely N-dealkylation sites (N-methyl/N-ethyl adjacent to an activating group) is 1. The number of methoxy groups -OCH3 is 1. The fourth-order valence-corrected chi connectivity index (χ4v) is 3.73. The maximum atomic E-state index is 5.59. The highest BCUT2D eigenvalue weighted by atomic mass is 16.5. The maximum Gasteiger partial charge on any atom is 0.191 e. The average Bonchev–Trinajstić information content (AvgIpc) is 3.30. The predicted molar refractivity (Wildman–Crippen MR) is 107 cm³/mol. The molecular formula is C20H36N4O2. The zero-order valence-electron chi connectivity index (χ0n) is 16.9. The number of hydrogen-bond donors (Lipinski definition) is 2. The molecule has 2 N–H and O–H groups in total. The van der Waals surface area contributed by atoms with Crippen molar-refractivity contribution in [2.45, 2.75) is 45.1 Å². The van der Waals surface area contributed by atoms with Gasteiger partial charge in [0.05, 0.1) is 12.3 Å². The van der Waals surface area contributed by atoms with Crippen molar-refractivity contribution in [2.24, 2.45) is 10.4 Å². The molecule has 6 heteroatoms. The molecule has 0 amide bonds. The van der Waals surface area contributed by atoms with Crippen molar-refractivity contribution in [2.75, 3.05) is 47.4 Å². The van der Waals surface area contributed by atoms with Gasteiger partial charge in [0.15, 0.2) is 5.96 Å². The predicted octanol–water partition coefficient (Wildman–Crippen LogP) is 3.03. The molecule has 0 aromatic carbocycles. The number of rotatable bonds is 10. The van der Waals surface area contributed by atoms with Gasteiger partial charge in [-0.25, -0.2) is 0 Å². The molecule has 1 heterocycles.